The Morgan fingerprint density at radius 2 is 1.41 bits per heavy atom. The molecule has 0 amide bonds. The van der Waals surface area contributed by atoms with Gasteiger partial charge in [-0.15, -0.1) is 0 Å². The molecular formula is C26H46N2O4. The van der Waals surface area contributed by atoms with Crippen LogP contribution < -0.4 is 10.6 Å². The van der Waals surface area contributed by atoms with E-state index >= 15 is 0 Å². The number of allylic oxidation sites excluding steroid dienone is 2. The van der Waals surface area contributed by atoms with Crippen LogP contribution in [-0.4, -0.2) is 37.7 Å². The van der Waals surface area contributed by atoms with Gasteiger partial charge in [-0.2, -0.15) is 0 Å². The number of ether oxygens (including phenoxy) is 2. The fourth-order valence-corrected chi connectivity index (χ4v) is 5.05. The van der Waals surface area contributed by atoms with Crippen LogP contribution in [0.25, 0.3) is 0 Å². The molecule has 184 valence electrons. The topological polar surface area (TPSA) is 76.7 Å². The fraction of sp³-hybridized carbons (Fsp3) is 0.769. The molecule has 0 aromatic carbocycles. The van der Waals surface area contributed by atoms with Crippen molar-refractivity contribution in [2.75, 3.05) is 19.8 Å². The number of carbonyl (C=O) groups is 2. The van der Waals surface area contributed by atoms with Gasteiger partial charge in [0.1, 0.15) is 0 Å². The van der Waals surface area contributed by atoms with Crippen LogP contribution in [0.2, 0.25) is 0 Å². The lowest BCUT2D eigenvalue weighted by atomic mass is 9.62. The predicted molar refractivity (Wildman–Crippen MR) is 130 cm³/mol. The van der Waals surface area contributed by atoms with Crippen LogP contribution in [0.5, 0.6) is 0 Å². The summed E-state index contributed by atoms with van der Waals surface area (Å²) in [5.74, 6) is -0.568. The summed E-state index contributed by atoms with van der Waals surface area (Å²) >= 11 is 0. The lowest BCUT2D eigenvalue weighted by Gasteiger charge is -2.47. The molecule has 6 nitrogen and oxygen atoms in total. The molecule has 0 aliphatic heterocycles. The van der Waals surface area contributed by atoms with Gasteiger partial charge in [-0.25, -0.2) is 9.59 Å². The predicted octanol–water partition coefficient (Wildman–Crippen LogP) is 5.24. The monoisotopic (exact) mass is 450 g/mol. The Bertz CT molecular complexity index is 669. The van der Waals surface area contributed by atoms with E-state index in [1.807, 2.05) is 13.8 Å². The summed E-state index contributed by atoms with van der Waals surface area (Å²) in [6.45, 7) is 16.4. The zero-order chi connectivity index (χ0) is 24.2. The van der Waals surface area contributed by atoms with Gasteiger partial charge in [-0.3, -0.25) is 0 Å². The Morgan fingerprint density at radius 1 is 0.875 bits per heavy atom. The molecule has 0 aromatic rings. The summed E-state index contributed by atoms with van der Waals surface area (Å²) in [6, 6.07) is 0.279. The minimum Gasteiger partial charge on any atom is -0.463 e. The van der Waals surface area contributed by atoms with E-state index in [2.05, 4.69) is 45.3 Å². The van der Waals surface area contributed by atoms with Crippen LogP contribution in [0.4, 0.5) is 0 Å². The van der Waals surface area contributed by atoms with Crippen molar-refractivity contribution in [3.05, 3.63) is 23.5 Å². The number of carbonyl (C=O) groups excluding carboxylic acids is 2. The Balaban J connectivity index is 2.93. The second-order valence-corrected chi connectivity index (χ2v) is 10.1. The van der Waals surface area contributed by atoms with Gasteiger partial charge < -0.3 is 20.1 Å². The van der Waals surface area contributed by atoms with E-state index in [0.717, 1.165) is 62.9 Å². The van der Waals surface area contributed by atoms with Crippen LogP contribution in [0.15, 0.2) is 23.5 Å². The number of esters is 2. The first kappa shape index (κ1) is 28.1. The molecule has 2 N–H and O–H groups in total. The second-order valence-electron chi connectivity index (χ2n) is 10.1. The molecule has 0 heterocycles. The summed E-state index contributed by atoms with van der Waals surface area (Å²) in [4.78, 5) is 23.9. The molecule has 1 aliphatic carbocycles. The van der Waals surface area contributed by atoms with Crippen molar-refractivity contribution in [1.29, 1.82) is 0 Å². The van der Waals surface area contributed by atoms with Gasteiger partial charge in [0.25, 0.3) is 0 Å². The average molecular weight is 451 g/mol. The Morgan fingerprint density at radius 3 is 1.94 bits per heavy atom. The van der Waals surface area contributed by atoms with Crippen LogP contribution in [0.1, 0.15) is 93.4 Å². The van der Waals surface area contributed by atoms with Gasteiger partial charge in [0.05, 0.1) is 13.2 Å². The molecular weight excluding hydrogens is 404 g/mol. The highest BCUT2D eigenvalue weighted by molar-refractivity contribution is 5.83. The normalized spacial score (nSPS) is 23.4. The molecule has 2 atom stereocenters. The van der Waals surface area contributed by atoms with Crippen molar-refractivity contribution < 1.29 is 19.1 Å². The maximum Gasteiger partial charge on any atom is 0.332 e. The van der Waals surface area contributed by atoms with E-state index in [9.17, 15) is 9.59 Å². The van der Waals surface area contributed by atoms with E-state index in [1.54, 1.807) is 12.2 Å². The minimum atomic E-state index is -0.287. The smallest absolute Gasteiger partial charge is 0.332 e. The summed E-state index contributed by atoms with van der Waals surface area (Å²) in [7, 11) is 0. The summed E-state index contributed by atoms with van der Waals surface area (Å²) < 4.78 is 10.2. The lowest BCUT2D eigenvalue weighted by Crippen LogP contribution is -2.48. The van der Waals surface area contributed by atoms with Crippen LogP contribution in [-0.2, 0) is 19.1 Å². The molecule has 0 spiro atoms. The van der Waals surface area contributed by atoms with Crippen LogP contribution >= 0.6 is 0 Å². The van der Waals surface area contributed by atoms with Crippen molar-refractivity contribution in [3.8, 4) is 0 Å². The highest BCUT2D eigenvalue weighted by Gasteiger charge is 2.41. The summed E-state index contributed by atoms with van der Waals surface area (Å²) in [5.41, 5.74) is 2.12. The van der Waals surface area contributed by atoms with Crippen molar-refractivity contribution in [3.63, 3.8) is 0 Å². The fourth-order valence-electron chi connectivity index (χ4n) is 5.05. The number of hydrogen-bond donors (Lipinski definition) is 2. The van der Waals surface area contributed by atoms with Crippen LogP contribution in [0, 0.1) is 10.8 Å². The largest absolute Gasteiger partial charge is 0.463 e. The summed E-state index contributed by atoms with van der Waals surface area (Å²) in [5, 5.41) is 7.21. The number of rotatable bonds is 13. The minimum absolute atomic E-state index is 0.0577. The maximum atomic E-state index is 12.0. The molecule has 1 aliphatic rings. The molecule has 1 fully saturated rings. The quantitative estimate of drug-likeness (QED) is 0.295. The van der Waals surface area contributed by atoms with Crippen LogP contribution in [0.3, 0.4) is 0 Å². The highest BCUT2D eigenvalue weighted by atomic mass is 16.5. The third kappa shape index (κ3) is 10.6. The first-order valence-corrected chi connectivity index (χ1v) is 12.3. The number of hydrogen-bond acceptors (Lipinski definition) is 6. The van der Waals surface area contributed by atoms with Gasteiger partial charge in [-0.05, 0) is 56.8 Å². The first-order chi connectivity index (χ1) is 15.1. The number of nitrogens with one attached hydrogen (secondary N) is 2. The third-order valence-electron chi connectivity index (χ3n) is 5.77. The highest BCUT2D eigenvalue weighted by Crippen LogP contribution is 2.46. The van der Waals surface area contributed by atoms with E-state index < -0.39 is 0 Å². The van der Waals surface area contributed by atoms with Crippen molar-refractivity contribution in [1.82, 2.24) is 10.6 Å². The average Bonchev–Trinajstić information content (AvgIpc) is 2.65. The molecule has 0 aromatic heterocycles. The van der Waals surface area contributed by atoms with Gasteiger partial charge in [0, 0.05) is 36.1 Å². The lowest BCUT2D eigenvalue weighted by molar-refractivity contribution is -0.138. The molecule has 0 saturated heterocycles. The molecule has 0 bridgehead atoms. The molecule has 1 rings (SSSR count). The SMILES string of the molecule is CCCC(=CC(=O)OCC)NCC1(C)CC(NC(=CC(=O)OCC)CCC)CC(C)(C)C1. The van der Waals surface area contributed by atoms with Crippen molar-refractivity contribution >= 4 is 11.9 Å². The van der Waals surface area contributed by atoms with Gasteiger partial charge in [0.15, 0.2) is 0 Å². The molecule has 0 radical (unpaired) electrons. The van der Waals surface area contributed by atoms with Crippen molar-refractivity contribution in [2.24, 2.45) is 10.8 Å². The Hall–Kier alpha value is -1.98. The zero-order valence-corrected chi connectivity index (χ0v) is 21.4. The maximum absolute atomic E-state index is 12.0. The first-order valence-electron chi connectivity index (χ1n) is 12.3. The Labute approximate surface area is 195 Å². The van der Waals surface area contributed by atoms with E-state index in [0.29, 0.717) is 13.2 Å². The van der Waals surface area contributed by atoms with E-state index in [1.165, 1.54) is 0 Å². The molecule has 1 saturated carbocycles. The van der Waals surface area contributed by atoms with Gasteiger partial charge >= 0.3 is 11.9 Å². The standard InChI is InChI=1S/C26H46N2O4/c1-8-12-20(14-23(29)31-10-3)27-19-26(7)17-22(16-25(5,6)18-26)28-21(13-9-2)15-24(30)32-11-4/h14-15,22,27-28H,8-13,16-19H2,1-7H3. The summed E-state index contributed by atoms with van der Waals surface area (Å²) in [6.07, 6.45) is 9.92. The zero-order valence-electron chi connectivity index (χ0n) is 21.4. The van der Waals surface area contributed by atoms with E-state index in [4.69, 9.17) is 9.47 Å². The Kier molecular flexibility index (Phi) is 11.9. The van der Waals surface area contributed by atoms with Crippen molar-refractivity contribution in [2.45, 2.75) is 99.5 Å². The molecule has 32 heavy (non-hydrogen) atoms. The van der Waals surface area contributed by atoms with Gasteiger partial charge in [-0.1, -0.05) is 47.5 Å². The molecule has 2 unspecified atom stereocenters. The third-order valence-corrected chi connectivity index (χ3v) is 5.77. The molecule has 6 heteroatoms. The second kappa shape index (κ2) is 13.5. The van der Waals surface area contributed by atoms with Gasteiger partial charge in [0.2, 0.25) is 0 Å². The van der Waals surface area contributed by atoms with E-state index in [-0.39, 0.29) is 28.8 Å².